The molecule has 0 fully saturated rings. The minimum Gasteiger partial charge on any atom is -0.497 e. The Morgan fingerprint density at radius 3 is 2.39 bits per heavy atom. The first-order chi connectivity index (χ1) is 19.9. The number of benzene rings is 3. The van der Waals surface area contributed by atoms with E-state index in [-0.39, 0.29) is 11.5 Å². The summed E-state index contributed by atoms with van der Waals surface area (Å²) >= 11 is 1.28. The van der Waals surface area contributed by atoms with Crippen LogP contribution in [0.4, 0.5) is 0 Å². The summed E-state index contributed by atoms with van der Waals surface area (Å²) in [5.41, 5.74) is 2.24. The zero-order chi connectivity index (χ0) is 29.3. The van der Waals surface area contributed by atoms with Gasteiger partial charge in [0.2, 0.25) is 0 Å². The first-order valence-electron chi connectivity index (χ1n) is 13.5. The van der Waals surface area contributed by atoms with Crippen molar-refractivity contribution in [2.45, 2.75) is 26.8 Å². The van der Waals surface area contributed by atoms with Gasteiger partial charge in [-0.05, 0) is 61.9 Å². The van der Waals surface area contributed by atoms with Gasteiger partial charge in [-0.25, -0.2) is 4.99 Å². The van der Waals surface area contributed by atoms with Crippen LogP contribution >= 0.6 is 11.3 Å². The normalized spacial score (nSPS) is 15.0. The second-order valence-corrected chi connectivity index (χ2v) is 10.6. The number of likely N-dealkylation sites (N-methyl/N-ethyl adjacent to an activating group) is 1. The molecule has 1 atom stereocenters. The van der Waals surface area contributed by atoms with Crippen LogP contribution in [0.25, 0.3) is 16.8 Å². The van der Waals surface area contributed by atoms with E-state index in [4.69, 9.17) is 19.2 Å². The van der Waals surface area contributed by atoms with Crippen molar-refractivity contribution in [2.24, 2.45) is 4.99 Å². The van der Waals surface area contributed by atoms with Crippen molar-refractivity contribution in [2.75, 3.05) is 34.4 Å². The summed E-state index contributed by atoms with van der Waals surface area (Å²) in [6.45, 7) is 6.80. The number of aromatic nitrogens is 1. The van der Waals surface area contributed by atoms with Crippen LogP contribution < -0.4 is 29.1 Å². The number of nitrogens with zero attached hydrogens (tertiary/aromatic N) is 3. The molecule has 1 amide bonds. The van der Waals surface area contributed by atoms with Crippen molar-refractivity contribution in [3.63, 3.8) is 0 Å². The first-order valence-corrected chi connectivity index (χ1v) is 14.3. The van der Waals surface area contributed by atoms with Gasteiger partial charge in [0.05, 0.1) is 37.1 Å². The molecule has 8 nitrogen and oxygen atoms in total. The number of rotatable bonds is 8. The van der Waals surface area contributed by atoms with Gasteiger partial charge in [-0.1, -0.05) is 41.7 Å². The maximum Gasteiger partial charge on any atom is 0.271 e. The lowest BCUT2D eigenvalue weighted by Crippen LogP contribution is -2.43. The van der Waals surface area contributed by atoms with Gasteiger partial charge < -0.3 is 19.1 Å². The SMILES string of the molecule is CCN(CC)C(=O)C1=C(C)N=c2s/c(=C/c3cc(OC)ccc3OC)c(=O)n2[C@@H]1c1c(OC)ccc2ccccc12. The number of thiazole rings is 1. The summed E-state index contributed by atoms with van der Waals surface area (Å²) in [7, 11) is 4.78. The number of methoxy groups -OCH3 is 3. The second kappa shape index (κ2) is 11.6. The second-order valence-electron chi connectivity index (χ2n) is 9.57. The van der Waals surface area contributed by atoms with Gasteiger partial charge in [0.25, 0.3) is 11.5 Å². The number of allylic oxidation sites excluding steroid dienone is 1. The van der Waals surface area contributed by atoms with E-state index in [0.29, 0.717) is 56.5 Å². The van der Waals surface area contributed by atoms with E-state index >= 15 is 0 Å². The lowest BCUT2D eigenvalue weighted by molar-refractivity contribution is -0.127. The van der Waals surface area contributed by atoms with E-state index in [1.807, 2.05) is 63.2 Å². The summed E-state index contributed by atoms with van der Waals surface area (Å²) in [6, 6.07) is 16.5. The predicted molar refractivity (Wildman–Crippen MR) is 162 cm³/mol. The molecule has 0 unspecified atom stereocenters. The Balaban J connectivity index is 1.86. The van der Waals surface area contributed by atoms with Crippen molar-refractivity contribution in [1.29, 1.82) is 0 Å². The van der Waals surface area contributed by atoms with Crippen LogP contribution in [0.1, 0.15) is 37.9 Å². The molecule has 5 rings (SSSR count). The summed E-state index contributed by atoms with van der Waals surface area (Å²) < 4.78 is 18.9. The number of carbonyl (C=O) groups excluding carboxylic acids is 1. The highest BCUT2D eigenvalue weighted by atomic mass is 32.1. The lowest BCUT2D eigenvalue weighted by atomic mass is 9.90. The number of ether oxygens (including phenoxy) is 3. The molecule has 0 spiro atoms. The van der Waals surface area contributed by atoms with Crippen molar-refractivity contribution < 1.29 is 19.0 Å². The van der Waals surface area contributed by atoms with Crippen molar-refractivity contribution in [1.82, 2.24) is 9.47 Å². The molecule has 0 bridgehead atoms. The van der Waals surface area contributed by atoms with E-state index in [0.717, 1.165) is 16.3 Å². The quantitative estimate of drug-likeness (QED) is 0.315. The van der Waals surface area contributed by atoms with Gasteiger partial charge in [-0.3, -0.25) is 14.2 Å². The molecule has 1 aliphatic rings. The van der Waals surface area contributed by atoms with Crippen LogP contribution in [-0.4, -0.2) is 49.8 Å². The minimum absolute atomic E-state index is 0.153. The zero-order valence-electron chi connectivity index (χ0n) is 24.1. The third-order valence-corrected chi connectivity index (χ3v) is 8.43. The van der Waals surface area contributed by atoms with Crippen LogP contribution in [0.15, 0.2) is 75.7 Å². The van der Waals surface area contributed by atoms with Crippen molar-refractivity contribution in [3.05, 3.63) is 96.7 Å². The topological polar surface area (TPSA) is 82.4 Å². The Kier molecular flexibility index (Phi) is 7.99. The average Bonchev–Trinajstić information content (AvgIpc) is 3.30. The van der Waals surface area contributed by atoms with Gasteiger partial charge in [0.1, 0.15) is 23.3 Å². The third kappa shape index (κ3) is 4.91. The summed E-state index contributed by atoms with van der Waals surface area (Å²) in [5.74, 6) is 1.70. The number of amides is 1. The maximum absolute atomic E-state index is 14.3. The predicted octanol–water partition coefficient (Wildman–Crippen LogP) is 4.28. The molecule has 41 heavy (non-hydrogen) atoms. The molecule has 3 aromatic carbocycles. The molecule has 212 valence electrons. The molecule has 1 aromatic heterocycles. The highest BCUT2D eigenvalue weighted by Crippen LogP contribution is 2.40. The van der Waals surface area contributed by atoms with Gasteiger partial charge in [0.15, 0.2) is 4.80 Å². The van der Waals surface area contributed by atoms with Crippen LogP contribution in [0, 0.1) is 0 Å². The number of hydrogen-bond donors (Lipinski definition) is 0. The van der Waals surface area contributed by atoms with Gasteiger partial charge in [-0.15, -0.1) is 0 Å². The van der Waals surface area contributed by atoms with Crippen molar-refractivity contribution in [3.8, 4) is 17.2 Å². The summed E-state index contributed by atoms with van der Waals surface area (Å²) in [4.78, 5) is 35.5. The monoisotopic (exact) mass is 571 g/mol. The van der Waals surface area contributed by atoms with E-state index in [1.165, 1.54) is 11.3 Å². The van der Waals surface area contributed by atoms with Crippen LogP contribution in [0.2, 0.25) is 0 Å². The number of fused-ring (bicyclic) bond motifs is 2. The fraction of sp³-hybridized carbons (Fsp3) is 0.281. The van der Waals surface area contributed by atoms with Crippen LogP contribution in [0.3, 0.4) is 0 Å². The Hall–Kier alpha value is -4.37. The Morgan fingerprint density at radius 2 is 1.71 bits per heavy atom. The largest absolute Gasteiger partial charge is 0.497 e. The maximum atomic E-state index is 14.3. The number of carbonyl (C=O) groups is 1. The molecular formula is C32H33N3O5S. The average molecular weight is 572 g/mol. The molecule has 2 heterocycles. The minimum atomic E-state index is -0.741. The van der Waals surface area contributed by atoms with Gasteiger partial charge in [-0.2, -0.15) is 0 Å². The molecule has 9 heteroatoms. The van der Waals surface area contributed by atoms with E-state index in [9.17, 15) is 9.59 Å². The van der Waals surface area contributed by atoms with E-state index in [2.05, 4.69) is 0 Å². The molecule has 0 saturated carbocycles. The molecule has 0 aliphatic carbocycles. The Labute approximate surface area is 242 Å². The number of hydrogen-bond acceptors (Lipinski definition) is 7. The molecule has 1 aliphatic heterocycles. The smallest absolute Gasteiger partial charge is 0.271 e. The van der Waals surface area contributed by atoms with Crippen molar-refractivity contribution >= 4 is 34.1 Å². The van der Waals surface area contributed by atoms with Gasteiger partial charge in [0, 0.05) is 24.2 Å². The van der Waals surface area contributed by atoms with Gasteiger partial charge >= 0.3 is 0 Å². The summed E-state index contributed by atoms with van der Waals surface area (Å²) in [5, 5.41) is 1.89. The zero-order valence-corrected chi connectivity index (χ0v) is 24.9. The third-order valence-electron chi connectivity index (χ3n) is 7.45. The molecule has 4 aromatic rings. The molecular weight excluding hydrogens is 538 g/mol. The van der Waals surface area contributed by atoms with Crippen LogP contribution in [0.5, 0.6) is 17.2 Å². The highest BCUT2D eigenvalue weighted by molar-refractivity contribution is 7.07. The molecule has 0 radical (unpaired) electrons. The fourth-order valence-electron chi connectivity index (χ4n) is 5.38. The Morgan fingerprint density at radius 1 is 1.00 bits per heavy atom. The first kappa shape index (κ1) is 28.2. The Bertz CT molecular complexity index is 1850. The highest BCUT2D eigenvalue weighted by Gasteiger charge is 2.36. The molecule has 0 saturated heterocycles. The molecule has 0 N–H and O–H groups in total. The van der Waals surface area contributed by atoms with E-state index in [1.54, 1.807) is 49.0 Å². The van der Waals surface area contributed by atoms with Crippen LogP contribution in [-0.2, 0) is 4.79 Å². The summed E-state index contributed by atoms with van der Waals surface area (Å²) in [6.07, 6.45) is 1.79. The fourth-order valence-corrected chi connectivity index (χ4v) is 6.42. The standard InChI is InChI=1S/C32H33N3O5S/c1-7-34(8-2)31(37)27-19(3)33-32-35(29(27)28-23-12-10-9-11-20(23)13-15-25(28)40-6)30(36)26(41-32)18-21-17-22(38-4)14-16-24(21)39-5/h9-18,29H,7-8H2,1-6H3/b26-18+/t29-/m0/s1. The lowest BCUT2D eigenvalue weighted by Gasteiger charge is -2.30. The van der Waals surface area contributed by atoms with E-state index < -0.39 is 6.04 Å².